The number of benzene rings is 1. The quantitative estimate of drug-likeness (QED) is 0.766. The molecule has 0 bridgehead atoms. The molecule has 0 saturated carbocycles. The van der Waals surface area contributed by atoms with Crippen LogP contribution in [-0.4, -0.2) is 28.0 Å². The number of fused-ring (bicyclic) bond motifs is 1. The Bertz CT molecular complexity index is 459. The number of para-hydroxylation sites is 2. The van der Waals surface area contributed by atoms with Crippen LogP contribution in [0.25, 0.3) is 11.0 Å². The Morgan fingerprint density at radius 2 is 2.27 bits per heavy atom. The van der Waals surface area contributed by atoms with Gasteiger partial charge in [-0.15, -0.1) is 0 Å². The van der Waals surface area contributed by atoms with Gasteiger partial charge in [-0.1, -0.05) is 12.1 Å². The average molecular weight is 204 g/mol. The van der Waals surface area contributed by atoms with Gasteiger partial charge in [-0.25, -0.2) is 4.98 Å². The van der Waals surface area contributed by atoms with E-state index in [2.05, 4.69) is 9.97 Å². The number of nitrogens with zero attached hydrogens (tertiary/aromatic N) is 2. The first-order valence-electron chi connectivity index (χ1n) is 4.52. The number of H-pyrrole nitrogens is 1. The van der Waals surface area contributed by atoms with Gasteiger partial charge < -0.3 is 19.8 Å². The predicted octanol–water partition coefficient (Wildman–Crippen LogP) is 0.338. The van der Waals surface area contributed by atoms with Gasteiger partial charge in [0.1, 0.15) is 11.9 Å². The monoisotopic (exact) mass is 204 g/mol. The summed E-state index contributed by atoms with van der Waals surface area (Å²) in [5.74, 6) is 0.614. The van der Waals surface area contributed by atoms with Crippen molar-refractivity contribution in [2.24, 2.45) is 0 Å². The van der Waals surface area contributed by atoms with Crippen LogP contribution < -0.4 is 5.11 Å². The lowest BCUT2D eigenvalue weighted by Crippen LogP contribution is -2.38. The van der Waals surface area contributed by atoms with E-state index in [4.69, 9.17) is 0 Å². The van der Waals surface area contributed by atoms with E-state index in [-0.39, 0.29) is 6.54 Å². The van der Waals surface area contributed by atoms with Crippen LogP contribution in [0, 0.1) is 0 Å². The number of carboxylic acid groups (broad SMARTS) is 1. The van der Waals surface area contributed by atoms with Gasteiger partial charge in [0.2, 0.25) is 0 Å². The third kappa shape index (κ3) is 1.90. The van der Waals surface area contributed by atoms with E-state index in [9.17, 15) is 9.90 Å². The Hall–Kier alpha value is -2.04. The third-order valence-electron chi connectivity index (χ3n) is 2.14. The summed E-state index contributed by atoms with van der Waals surface area (Å²) in [4.78, 5) is 18.8. The molecule has 1 N–H and O–H groups in total. The molecule has 0 aliphatic rings. The van der Waals surface area contributed by atoms with Crippen molar-refractivity contribution in [3.8, 4) is 0 Å². The highest BCUT2D eigenvalue weighted by Crippen LogP contribution is 2.10. The molecular formula is C10H10N3O2-. The minimum Gasteiger partial charge on any atom is -0.530 e. The van der Waals surface area contributed by atoms with Gasteiger partial charge in [-0.3, -0.25) is 0 Å². The van der Waals surface area contributed by atoms with Crippen molar-refractivity contribution in [1.29, 1.82) is 0 Å². The van der Waals surface area contributed by atoms with Gasteiger partial charge in [-0.05, 0) is 12.1 Å². The van der Waals surface area contributed by atoms with Gasteiger partial charge in [0.05, 0.1) is 17.6 Å². The Kier molecular flexibility index (Phi) is 2.29. The molecule has 15 heavy (non-hydrogen) atoms. The first-order valence-corrected chi connectivity index (χ1v) is 4.52. The minimum atomic E-state index is -1.21. The summed E-state index contributed by atoms with van der Waals surface area (Å²) >= 11 is 0. The van der Waals surface area contributed by atoms with Crippen LogP contribution in [0.5, 0.6) is 0 Å². The second-order valence-electron chi connectivity index (χ2n) is 3.32. The number of aromatic amines is 1. The molecule has 5 nitrogen and oxygen atoms in total. The molecule has 1 aromatic heterocycles. The molecule has 1 heterocycles. The zero-order chi connectivity index (χ0) is 10.8. The van der Waals surface area contributed by atoms with E-state index in [1.54, 1.807) is 0 Å². The lowest BCUT2D eigenvalue weighted by atomic mass is 10.3. The van der Waals surface area contributed by atoms with Gasteiger partial charge in [0.25, 0.3) is 0 Å². The van der Waals surface area contributed by atoms with Crippen molar-refractivity contribution >= 4 is 17.1 Å². The summed E-state index contributed by atoms with van der Waals surface area (Å²) in [6.07, 6.45) is -1.21. The maximum Gasteiger partial charge on any atom is 0.137 e. The number of carbonyl (C=O) groups is 1. The molecule has 2 rings (SSSR count). The Morgan fingerprint density at radius 3 is 2.93 bits per heavy atom. The number of aromatic nitrogens is 2. The summed E-state index contributed by atoms with van der Waals surface area (Å²) in [5, 5.41) is 10.5. The van der Waals surface area contributed by atoms with Crippen LogP contribution in [-0.2, 0) is 6.54 Å². The zero-order valence-corrected chi connectivity index (χ0v) is 8.23. The molecule has 0 saturated heterocycles. The number of rotatable bonds is 2. The fourth-order valence-corrected chi connectivity index (χ4v) is 1.37. The highest BCUT2D eigenvalue weighted by molar-refractivity contribution is 5.74. The SMILES string of the molecule is CN(Cc1nc2ccccc2[nH]1)C(=O)[O-]. The summed E-state index contributed by atoms with van der Waals surface area (Å²) in [7, 11) is 1.45. The van der Waals surface area contributed by atoms with E-state index in [0.717, 1.165) is 15.9 Å². The number of nitrogens with one attached hydrogen (secondary N) is 1. The molecule has 2 aromatic rings. The molecule has 1 amide bonds. The Labute approximate surface area is 86.4 Å². The fourth-order valence-electron chi connectivity index (χ4n) is 1.37. The highest BCUT2D eigenvalue weighted by atomic mass is 16.4. The second-order valence-corrected chi connectivity index (χ2v) is 3.32. The molecular weight excluding hydrogens is 194 g/mol. The zero-order valence-electron chi connectivity index (χ0n) is 8.23. The summed E-state index contributed by atoms with van der Waals surface area (Å²) < 4.78 is 0. The number of amides is 1. The lowest BCUT2D eigenvalue weighted by molar-refractivity contribution is -0.264. The van der Waals surface area contributed by atoms with E-state index < -0.39 is 6.09 Å². The smallest absolute Gasteiger partial charge is 0.137 e. The predicted molar refractivity (Wildman–Crippen MR) is 53.0 cm³/mol. The second kappa shape index (κ2) is 3.61. The van der Waals surface area contributed by atoms with Gasteiger partial charge in [-0.2, -0.15) is 0 Å². The Balaban J connectivity index is 2.26. The van der Waals surface area contributed by atoms with Crippen LogP contribution in [0.3, 0.4) is 0 Å². The first-order chi connectivity index (χ1) is 7.16. The summed E-state index contributed by atoms with van der Waals surface area (Å²) in [5.41, 5.74) is 1.73. The number of hydrogen-bond acceptors (Lipinski definition) is 3. The number of imidazole rings is 1. The molecule has 0 atom stereocenters. The summed E-state index contributed by atoms with van der Waals surface area (Å²) in [6, 6.07) is 7.54. The maximum atomic E-state index is 10.5. The van der Waals surface area contributed by atoms with E-state index in [0.29, 0.717) is 5.82 Å². The van der Waals surface area contributed by atoms with Gasteiger partial charge in [0.15, 0.2) is 0 Å². The van der Waals surface area contributed by atoms with Crippen LogP contribution >= 0.6 is 0 Å². The molecule has 5 heteroatoms. The third-order valence-corrected chi connectivity index (χ3v) is 2.14. The van der Waals surface area contributed by atoms with Gasteiger partial charge in [0, 0.05) is 7.05 Å². The molecule has 0 radical (unpaired) electrons. The normalized spacial score (nSPS) is 10.5. The van der Waals surface area contributed by atoms with Crippen molar-refractivity contribution in [3.63, 3.8) is 0 Å². The topological polar surface area (TPSA) is 72.0 Å². The van der Waals surface area contributed by atoms with Crippen molar-refractivity contribution in [2.75, 3.05) is 7.05 Å². The molecule has 0 aliphatic heterocycles. The molecule has 0 spiro atoms. The van der Waals surface area contributed by atoms with Crippen molar-refractivity contribution in [2.45, 2.75) is 6.54 Å². The highest BCUT2D eigenvalue weighted by Gasteiger charge is 2.04. The maximum absolute atomic E-state index is 10.5. The number of carbonyl (C=O) groups excluding carboxylic acids is 1. The van der Waals surface area contributed by atoms with Crippen molar-refractivity contribution in [3.05, 3.63) is 30.1 Å². The van der Waals surface area contributed by atoms with Crippen LogP contribution in [0.15, 0.2) is 24.3 Å². The van der Waals surface area contributed by atoms with Gasteiger partial charge >= 0.3 is 0 Å². The fraction of sp³-hybridized carbons (Fsp3) is 0.200. The van der Waals surface area contributed by atoms with Crippen LogP contribution in [0.2, 0.25) is 0 Å². The van der Waals surface area contributed by atoms with E-state index in [1.807, 2.05) is 24.3 Å². The summed E-state index contributed by atoms with van der Waals surface area (Å²) in [6.45, 7) is 0.205. The minimum absolute atomic E-state index is 0.205. The van der Waals surface area contributed by atoms with Crippen molar-refractivity contribution in [1.82, 2.24) is 14.9 Å². The molecule has 0 fully saturated rings. The largest absolute Gasteiger partial charge is 0.530 e. The average Bonchev–Trinajstić information content (AvgIpc) is 2.59. The molecule has 0 unspecified atom stereocenters. The molecule has 1 aromatic carbocycles. The lowest BCUT2D eigenvalue weighted by Gasteiger charge is -2.17. The van der Waals surface area contributed by atoms with Crippen LogP contribution in [0.4, 0.5) is 4.79 Å². The number of hydrogen-bond donors (Lipinski definition) is 1. The molecule has 78 valence electrons. The van der Waals surface area contributed by atoms with E-state index in [1.165, 1.54) is 7.05 Å². The Morgan fingerprint density at radius 1 is 1.53 bits per heavy atom. The standard InChI is InChI=1S/C10H11N3O2/c1-13(10(14)15)6-9-11-7-4-2-3-5-8(7)12-9/h2-5H,6H2,1H3,(H,11,12)(H,14,15)/p-1. The van der Waals surface area contributed by atoms with Crippen LogP contribution in [0.1, 0.15) is 5.82 Å². The molecule has 0 aliphatic carbocycles. The van der Waals surface area contributed by atoms with E-state index >= 15 is 0 Å². The van der Waals surface area contributed by atoms with Crippen molar-refractivity contribution < 1.29 is 9.90 Å². The first kappa shape index (κ1) is 9.51.